The van der Waals surface area contributed by atoms with Gasteiger partial charge in [-0.1, -0.05) is 0 Å². The number of benzene rings is 1. The van der Waals surface area contributed by atoms with Crippen LogP contribution in [-0.4, -0.2) is 45.5 Å². The van der Waals surface area contributed by atoms with Crippen LogP contribution in [0.2, 0.25) is 0 Å². The van der Waals surface area contributed by atoms with Crippen molar-refractivity contribution in [3.63, 3.8) is 0 Å². The lowest BCUT2D eigenvalue weighted by Crippen LogP contribution is -2.57. The summed E-state index contributed by atoms with van der Waals surface area (Å²) in [5, 5.41) is 16.4. The van der Waals surface area contributed by atoms with Crippen LogP contribution in [0.3, 0.4) is 0 Å². The molecule has 7 heteroatoms. The zero-order valence-corrected chi connectivity index (χ0v) is 13.4. The number of hydrogen-bond acceptors (Lipinski definition) is 4. The number of amides is 1. The summed E-state index contributed by atoms with van der Waals surface area (Å²) in [6.07, 6.45) is 4.03. The lowest BCUT2D eigenvalue weighted by molar-refractivity contribution is -0.148. The summed E-state index contributed by atoms with van der Waals surface area (Å²) in [6, 6.07) is 7.03. The molecule has 0 aliphatic carbocycles. The van der Waals surface area contributed by atoms with Crippen LogP contribution in [-0.2, 0) is 9.53 Å². The van der Waals surface area contributed by atoms with Gasteiger partial charge in [-0.05, 0) is 36.8 Å². The third-order valence-electron chi connectivity index (χ3n) is 4.32. The molecule has 7 nitrogen and oxygen atoms in total. The second-order valence-electron chi connectivity index (χ2n) is 5.91. The molecule has 0 bridgehead atoms. The summed E-state index contributed by atoms with van der Waals surface area (Å²) in [6.45, 7) is 2.53. The molecule has 24 heavy (non-hydrogen) atoms. The molecule has 0 spiro atoms. The normalized spacial score (nSPS) is 16.5. The number of aromatic nitrogens is 2. The predicted octanol–water partition coefficient (Wildman–Crippen LogP) is 1.54. The summed E-state index contributed by atoms with van der Waals surface area (Å²) in [5.41, 5.74) is 0.915. The number of carbonyl (C=O) groups excluding carboxylic acids is 1. The van der Waals surface area contributed by atoms with Gasteiger partial charge in [-0.25, -0.2) is 9.48 Å². The first-order valence-electron chi connectivity index (χ1n) is 7.76. The van der Waals surface area contributed by atoms with Gasteiger partial charge >= 0.3 is 5.97 Å². The average molecular weight is 329 g/mol. The highest BCUT2D eigenvalue weighted by Crippen LogP contribution is 2.22. The topological polar surface area (TPSA) is 93.5 Å². The second-order valence-corrected chi connectivity index (χ2v) is 5.91. The number of carboxylic acid groups (broad SMARTS) is 1. The van der Waals surface area contributed by atoms with Crippen LogP contribution in [0.4, 0.5) is 0 Å². The standard InChI is InChI=1S/C17H19N3O4/c1-12-11-13(3-4-14(12)20-8-2-7-18-20)15(21)19-17(16(22)23)5-9-24-10-6-17/h2-4,7-8,11H,5-6,9-10H2,1H3,(H,19,21)(H,22,23). The summed E-state index contributed by atoms with van der Waals surface area (Å²) in [4.78, 5) is 24.2. The third-order valence-corrected chi connectivity index (χ3v) is 4.32. The molecule has 1 fully saturated rings. The van der Waals surface area contributed by atoms with Crippen molar-refractivity contribution >= 4 is 11.9 Å². The molecule has 3 rings (SSSR count). The van der Waals surface area contributed by atoms with E-state index in [1.54, 1.807) is 29.1 Å². The Morgan fingerprint density at radius 1 is 1.33 bits per heavy atom. The zero-order chi connectivity index (χ0) is 17.2. The molecule has 1 aromatic heterocycles. The predicted molar refractivity (Wildman–Crippen MR) is 86.2 cm³/mol. The van der Waals surface area contributed by atoms with E-state index in [2.05, 4.69) is 10.4 Å². The fourth-order valence-corrected chi connectivity index (χ4v) is 2.87. The van der Waals surface area contributed by atoms with E-state index in [1.165, 1.54) is 0 Å². The summed E-state index contributed by atoms with van der Waals surface area (Å²) in [7, 11) is 0. The Bertz CT molecular complexity index is 749. The van der Waals surface area contributed by atoms with Gasteiger partial charge in [-0.2, -0.15) is 5.10 Å². The lowest BCUT2D eigenvalue weighted by Gasteiger charge is -2.33. The number of nitrogens with zero attached hydrogens (tertiary/aromatic N) is 2. The minimum absolute atomic E-state index is 0.262. The second kappa shape index (κ2) is 6.45. The number of carboxylic acids is 1. The van der Waals surface area contributed by atoms with E-state index in [9.17, 15) is 14.7 Å². The van der Waals surface area contributed by atoms with Crippen LogP contribution in [0.5, 0.6) is 0 Å². The molecular weight excluding hydrogens is 310 g/mol. The molecule has 1 aromatic carbocycles. The quantitative estimate of drug-likeness (QED) is 0.887. The van der Waals surface area contributed by atoms with Crippen LogP contribution in [0.1, 0.15) is 28.8 Å². The third kappa shape index (κ3) is 3.03. The Hall–Kier alpha value is -2.67. The van der Waals surface area contributed by atoms with Crippen molar-refractivity contribution in [2.24, 2.45) is 0 Å². The largest absolute Gasteiger partial charge is 0.480 e. The van der Waals surface area contributed by atoms with Gasteiger partial charge in [0, 0.05) is 44.0 Å². The highest BCUT2D eigenvalue weighted by molar-refractivity contribution is 5.98. The molecule has 1 aliphatic heterocycles. The summed E-state index contributed by atoms with van der Waals surface area (Å²) in [5.74, 6) is -1.42. The molecule has 2 heterocycles. The van der Waals surface area contributed by atoms with Crippen molar-refractivity contribution in [1.82, 2.24) is 15.1 Å². The van der Waals surface area contributed by atoms with Crippen LogP contribution in [0.25, 0.3) is 5.69 Å². The van der Waals surface area contributed by atoms with Gasteiger partial charge in [0.1, 0.15) is 5.54 Å². The van der Waals surface area contributed by atoms with Gasteiger partial charge in [0.05, 0.1) is 5.69 Å². The van der Waals surface area contributed by atoms with Crippen LogP contribution in [0, 0.1) is 6.92 Å². The first-order chi connectivity index (χ1) is 11.5. The first kappa shape index (κ1) is 16.2. The smallest absolute Gasteiger partial charge is 0.329 e. The van der Waals surface area contributed by atoms with E-state index >= 15 is 0 Å². The summed E-state index contributed by atoms with van der Waals surface area (Å²) >= 11 is 0. The van der Waals surface area contributed by atoms with Crippen LogP contribution < -0.4 is 5.32 Å². The molecule has 0 radical (unpaired) electrons. The fraction of sp³-hybridized carbons (Fsp3) is 0.353. The number of carbonyl (C=O) groups is 2. The molecule has 2 aromatic rings. The van der Waals surface area contributed by atoms with Gasteiger partial charge < -0.3 is 15.2 Å². The number of nitrogens with one attached hydrogen (secondary N) is 1. The maximum Gasteiger partial charge on any atom is 0.329 e. The Kier molecular flexibility index (Phi) is 4.35. The van der Waals surface area contributed by atoms with Gasteiger partial charge in [0.2, 0.25) is 0 Å². The number of rotatable bonds is 4. The molecule has 1 amide bonds. The average Bonchev–Trinajstić information content (AvgIpc) is 3.09. The highest BCUT2D eigenvalue weighted by Gasteiger charge is 2.41. The van der Waals surface area contributed by atoms with E-state index in [0.717, 1.165) is 11.3 Å². The summed E-state index contributed by atoms with van der Waals surface area (Å²) < 4.78 is 6.93. The molecule has 0 unspecified atom stereocenters. The van der Waals surface area contributed by atoms with E-state index < -0.39 is 17.4 Å². The van der Waals surface area contributed by atoms with Gasteiger partial charge in [0.15, 0.2) is 0 Å². The van der Waals surface area contributed by atoms with Gasteiger partial charge in [-0.3, -0.25) is 4.79 Å². The zero-order valence-electron chi connectivity index (χ0n) is 13.4. The van der Waals surface area contributed by atoms with Gasteiger partial charge in [0.25, 0.3) is 5.91 Å². The van der Waals surface area contributed by atoms with Crippen LogP contribution >= 0.6 is 0 Å². The molecule has 126 valence electrons. The monoisotopic (exact) mass is 329 g/mol. The van der Waals surface area contributed by atoms with Crippen molar-refractivity contribution < 1.29 is 19.4 Å². The van der Waals surface area contributed by atoms with Crippen molar-refractivity contribution in [3.8, 4) is 5.69 Å². The van der Waals surface area contributed by atoms with Crippen molar-refractivity contribution in [3.05, 3.63) is 47.8 Å². The number of ether oxygens (including phenoxy) is 1. The van der Waals surface area contributed by atoms with E-state index in [4.69, 9.17) is 4.74 Å². The molecule has 0 atom stereocenters. The lowest BCUT2D eigenvalue weighted by atomic mass is 9.89. The number of aliphatic carboxylic acids is 1. The van der Waals surface area contributed by atoms with E-state index in [1.807, 2.05) is 19.2 Å². The molecule has 1 aliphatic rings. The molecule has 1 saturated heterocycles. The Balaban J connectivity index is 1.82. The minimum atomic E-state index is -1.26. The highest BCUT2D eigenvalue weighted by atomic mass is 16.5. The van der Waals surface area contributed by atoms with Gasteiger partial charge in [-0.15, -0.1) is 0 Å². The maximum absolute atomic E-state index is 12.5. The van der Waals surface area contributed by atoms with Crippen molar-refractivity contribution in [2.75, 3.05) is 13.2 Å². The molecular formula is C17H19N3O4. The Morgan fingerprint density at radius 2 is 2.08 bits per heavy atom. The Morgan fingerprint density at radius 3 is 2.67 bits per heavy atom. The Labute approximate surface area is 139 Å². The minimum Gasteiger partial charge on any atom is -0.480 e. The van der Waals surface area contributed by atoms with E-state index in [0.29, 0.717) is 18.8 Å². The first-order valence-corrected chi connectivity index (χ1v) is 7.76. The molecule has 0 saturated carbocycles. The van der Waals surface area contributed by atoms with Crippen molar-refractivity contribution in [1.29, 1.82) is 0 Å². The number of hydrogen-bond donors (Lipinski definition) is 2. The molecule has 2 N–H and O–H groups in total. The fourth-order valence-electron chi connectivity index (χ4n) is 2.87. The maximum atomic E-state index is 12.5. The van der Waals surface area contributed by atoms with Crippen LogP contribution in [0.15, 0.2) is 36.7 Å². The SMILES string of the molecule is Cc1cc(C(=O)NC2(C(=O)O)CCOCC2)ccc1-n1cccn1. The number of aryl methyl sites for hydroxylation is 1. The van der Waals surface area contributed by atoms with Crippen molar-refractivity contribution in [2.45, 2.75) is 25.3 Å². The van der Waals surface area contributed by atoms with E-state index in [-0.39, 0.29) is 12.8 Å².